The smallest absolute Gasteiger partial charge is 0.145 e. The van der Waals surface area contributed by atoms with E-state index in [0.717, 1.165) is 29.3 Å². The molecular formula is C15H19N3. The number of rotatable bonds is 4. The third kappa shape index (κ3) is 2.05. The quantitative estimate of drug-likeness (QED) is 0.890. The van der Waals surface area contributed by atoms with Crippen molar-refractivity contribution in [2.75, 3.05) is 11.9 Å². The van der Waals surface area contributed by atoms with E-state index in [0.29, 0.717) is 5.41 Å². The van der Waals surface area contributed by atoms with Gasteiger partial charge < -0.3 is 5.32 Å². The molecule has 18 heavy (non-hydrogen) atoms. The summed E-state index contributed by atoms with van der Waals surface area (Å²) in [5.74, 6) is 1.62. The number of nitrogens with one attached hydrogen (secondary N) is 1. The van der Waals surface area contributed by atoms with Gasteiger partial charge in [0.25, 0.3) is 0 Å². The monoisotopic (exact) mass is 241 g/mol. The number of hydrogen-bond donors (Lipinski definition) is 1. The molecule has 1 fully saturated rings. The van der Waals surface area contributed by atoms with Crippen molar-refractivity contribution in [3.05, 3.63) is 30.5 Å². The number of nitrogens with zero attached hydrogens (tertiary/aromatic N) is 2. The van der Waals surface area contributed by atoms with Crippen molar-refractivity contribution in [1.82, 2.24) is 9.97 Å². The van der Waals surface area contributed by atoms with Gasteiger partial charge in [0.05, 0.1) is 17.2 Å². The van der Waals surface area contributed by atoms with Crippen molar-refractivity contribution >= 4 is 16.9 Å². The van der Waals surface area contributed by atoms with Gasteiger partial charge in [-0.2, -0.15) is 0 Å². The number of hydrogen-bond acceptors (Lipinski definition) is 3. The van der Waals surface area contributed by atoms with Gasteiger partial charge in [0, 0.05) is 6.54 Å². The molecule has 1 saturated carbocycles. The Balaban J connectivity index is 1.75. The highest BCUT2D eigenvalue weighted by Crippen LogP contribution is 2.51. The Labute approximate surface area is 108 Å². The Bertz CT molecular complexity index is 558. The Hall–Kier alpha value is -1.64. The average molecular weight is 241 g/mol. The minimum Gasteiger partial charge on any atom is -0.368 e. The lowest BCUT2D eigenvalue weighted by molar-refractivity contribution is 0.380. The van der Waals surface area contributed by atoms with Crippen molar-refractivity contribution in [2.45, 2.75) is 26.7 Å². The predicted octanol–water partition coefficient (Wildman–Crippen LogP) is 3.48. The summed E-state index contributed by atoms with van der Waals surface area (Å²) in [6.07, 6.45) is 4.50. The van der Waals surface area contributed by atoms with Gasteiger partial charge in [-0.15, -0.1) is 0 Å². The van der Waals surface area contributed by atoms with Crippen LogP contribution in [0.25, 0.3) is 11.0 Å². The number of anilines is 1. The number of para-hydroxylation sites is 2. The number of aromatic nitrogens is 2. The average Bonchev–Trinajstić information content (AvgIpc) is 3.17. The van der Waals surface area contributed by atoms with Crippen molar-refractivity contribution in [3.8, 4) is 0 Å². The third-order valence-corrected chi connectivity index (χ3v) is 4.19. The fraction of sp³-hybridized carbons (Fsp3) is 0.467. The fourth-order valence-corrected chi connectivity index (χ4v) is 2.43. The van der Waals surface area contributed by atoms with Gasteiger partial charge in [-0.05, 0) is 36.3 Å². The van der Waals surface area contributed by atoms with Gasteiger partial charge >= 0.3 is 0 Å². The van der Waals surface area contributed by atoms with Gasteiger partial charge in [-0.25, -0.2) is 4.98 Å². The minimum absolute atomic E-state index is 0.493. The van der Waals surface area contributed by atoms with Crippen molar-refractivity contribution < 1.29 is 0 Å². The molecule has 0 amide bonds. The molecule has 1 aliphatic rings. The molecule has 0 radical (unpaired) electrons. The topological polar surface area (TPSA) is 37.8 Å². The molecule has 0 bridgehead atoms. The SMILES string of the molecule is CC(C)C1(CNc2cnc3ccccc3n2)CC1. The van der Waals surface area contributed by atoms with Crippen LogP contribution in [0.2, 0.25) is 0 Å². The van der Waals surface area contributed by atoms with Crippen LogP contribution in [0, 0.1) is 11.3 Å². The van der Waals surface area contributed by atoms with E-state index in [4.69, 9.17) is 0 Å². The van der Waals surface area contributed by atoms with E-state index in [-0.39, 0.29) is 0 Å². The first-order chi connectivity index (χ1) is 8.70. The normalized spacial score (nSPS) is 17.1. The van der Waals surface area contributed by atoms with Gasteiger partial charge in [0.1, 0.15) is 5.82 Å². The first-order valence-electron chi connectivity index (χ1n) is 6.65. The van der Waals surface area contributed by atoms with E-state index in [9.17, 15) is 0 Å². The molecule has 1 aromatic heterocycles. The minimum atomic E-state index is 0.493. The summed E-state index contributed by atoms with van der Waals surface area (Å²) in [6, 6.07) is 7.98. The molecule has 1 aliphatic carbocycles. The van der Waals surface area contributed by atoms with Crippen LogP contribution in [0.5, 0.6) is 0 Å². The van der Waals surface area contributed by atoms with Crippen LogP contribution in [0.3, 0.4) is 0 Å². The first-order valence-corrected chi connectivity index (χ1v) is 6.65. The van der Waals surface area contributed by atoms with Crippen LogP contribution in [0.15, 0.2) is 30.5 Å². The summed E-state index contributed by atoms with van der Waals surface area (Å²) >= 11 is 0. The van der Waals surface area contributed by atoms with Crippen molar-refractivity contribution in [2.24, 2.45) is 11.3 Å². The molecule has 94 valence electrons. The van der Waals surface area contributed by atoms with Crippen molar-refractivity contribution in [3.63, 3.8) is 0 Å². The molecule has 3 heteroatoms. The molecule has 0 unspecified atom stereocenters. The molecule has 1 aromatic carbocycles. The highest BCUT2D eigenvalue weighted by atomic mass is 15.0. The zero-order chi connectivity index (χ0) is 12.6. The van der Waals surface area contributed by atoms with Crippen LogP contribution < -0.4 is 5.32 Å². The Morgan fingerprint density at radius 3 is 2.61 bits per heavy atom. The molecule has 3 nitrogen and oxygen atoms in total. The molecule has 0 atom stereocenters. The van der Waals surface area contributed by atoms with Gasteiger partial charge in [-0.3, -0.25) is 4.98 Å². The second-order valence-electron chi connectivity index (χ2n) is 5.61. The van der Waals surface area contributed by atoms with E-state index in [1.54, 1.807) is 0 Å². The maximum Gasteiger partial charge on any atom is 0.145 e. The third-order valence-electron chi connectivity index (χ3n) is 4.19. The largest absolute Gasteiger partial charge is 0.368 e. The van der Waals surface area contributed by atoms with Crippen LogP contribution in [0.4, 0.5) is 5.82 Å². The summed E-state index contributed by atoms with van der Waals surface area (Å²) in [4.78, 5) is 9.01. The second kappa shape index (κ2) is 4.23. The molecule has 0 aliphatic heterocycles. The van der Waals surface area contributed by atoms with Crippen LogP contribution in [-0.4, -0.2) is 16.5 Å². The maximum absolute atomic E-state index is 4.59. The zero-order valence-electron chi connectivity index (χ0n) is 11.0. The van der Waals surface area contributed by atoms with E-state index < -0.39 is 0 Å². The highest BCUT2D eigenvalue weighted by Gasteiger charge is 2.44. The van der Waals surface area contributed by atoms with Crippen LogP contribution in [0.1, 0.15) is 26.7 Å². The standard InChI is InChI=1S/C15H19N3/c1-11(2)15(7-8-15)10-17-14-9-16-12-5-3-4-6-13(12)18-14/h3-6,9,11H,7-8,10H2,1-2H3,(H,17,18). The van der Waals surface area contributed by atoms with Crippen LogP contribution >= 0.6 is 0 Å². The van der Waals surface area contributed by atoms with Gasteiger partial charge in [0.15, 0.2) is 0 Å². The van der Waals surface area contributed by atoms with Gasteiger partial charge in [-0.1, -0.05) is 26.0 Å². The zero-order valence-corrected chi connectivity index (χ0v) is 11.0. The number of fused-ring (bicyclic) bond motifs is 1. The maximum atomic E-state index is 4.59. The summed E-state index contributed by atoms with van der Waals surface area (Å²) in [5, 5.41) is 3.45. The lowest BCUT2D eigenvalue weighted by Gasteiger charge is -2.20. The molecule has 1 N–H and O–H groups in total. The number of benzene rings is 1. The molecule has 2 aromatic rings. The lowest BCUT2D eigenvalue weighted by Crippen LogP contribution is -2.21. The Kier molecular flexibility index (Phi) is 2.69. The molecule has 0 saturated heterocycles. The molecule has 1 heterocycles. The molecule has 0 spiro atoms. The summed E-state index contributed by atoms with van der Waals surface area (Å²) in [7, 11) is 0. The molecular weight excluding hydrogens is 222 g/mol. The Morgan fingerprint density at radius 2 is 1.94 bits per heavy atom. The van der Waals surface area contributed by atoms with Crippen molar-refractivity contribution in [1.29, 1.82) is 0 Å². The van der Waals surface area contributed by atoms with E-state index in [1.807, 2.05) is 30.5 Å². The van der Waals surface area contributed by atoms with E-state index in [2.05, 4.69) is 29.1 Å². The van der Waals surface area contributed by atoms with Crippen LogP contribution in [-0.2, 0) is 0 Å². The summed E-state index contributed by atoms with van der Waals surface area (Å²) in [6.45, 7) is 5.62. The fourth-order valence-electron chi connectivity index (χ4n) is 2.43. The van der Waals surface area contributed by atoms with E-state index in [1.165, 1.54) is 12.8 Å². The summed E-state index contributed by atoms with van der Waals surface area (Å²) in [5.41, 5.74) is 2.40. The van der Waals surface area contributed by atoms with Gasteiger partial charge in [0.2, 0.25) is 0 Å². The van der Waals surface area contributed by atoms with E-state index >= 15 is 0 Å². The summed E-state index contributed by atoms with van der Waals surface area (Å²) < 4.78 is 0. The predicted molar refractivity (Wildman–Crippen MR) is 74.5 cm³/mol. The molecule has 3 rings (SSSR count). The highest BCUT2D eigenvalue weighted by molar-refractivity contribution is 5.75. The Morgan fingerprint density at radius 1 is 1.22 bits per heavy atom. The second-order valence-corrected chi connectivity index (χ2v) is 5.61. The lowest BCUT2D eigenvalue weighted by atomic mass is 9.92. The first kappa shape index (κ1) is 11.5.